The molecule has 0 N–H and O–H groups in total. The molecule has 3 saturated heterocycles. The third kappa shape index (κ3) is 52.4. The fraction of sp³-hybridized carbons (Fsp3) is 0.763. The Balaban J connectivity index is -0.0000000805. The van der Waals surface area contributed by atoms with Gasteiger partial charge in [-0.15, -0.1) is 0 Å². The third-order valence-corrected chi connectivity index (χ3v) is 15.1. The molecule has 3 aromatic carbocycles. The van der Waals surface area contributed by atoms with Gasteiger partial charge in [0, 0.05) is 26.9 Å². The van der Waals surface area contributed by atoms with Crippen LogP contribution in [0.25, 0.3) is 0 Å². The van der Waals surface area contributed by atoms with Crippen LogP contribution < -0.4 is 0 Å². The predicted molar refractivity (Wildman–Crippen MR) is 378 cm³/mol. The molecule has 8 heteroatoms. The fourth-order valence-electron chi connectivity index (χ4n) is 8.79. The molecule has 3 heterocycles. The maximum Gasteiger partial charge on any atom is 0.154 e. The minimum absolute atomic E-state index is 0. The lowest BCUT2D eigenvalue weighted by atomic mass is 9.84. The Bertz CT molecular complexity index is 1580. The van der Waals surface area contributed by atoms with Gasteiger partial charge in [0.1, 0.15) is 17.5 Å². The van der Waals surface area contributed by atoms with Gasteiger partial charge < -0.3 is 23.7 Å². The highest BCUT2D eigenvalue weighted by Gasteiger charge is 2.17. The first-order chi connectivity index (χ1) is 35.3. The lowest BCUT2D eigenvalue weighted by molar-refractivity contribution is -0.187. The largest absolute Gasteiger partial charge is 0.378 e. The molecule has 3 aliphatic heterocycles. The Morgan fingerprint density at radius 2 is 0.524 bits per heavy atom. The van der Waals surface area contributed by atoms with Gasteiger partial charge in [-0.25, -0.2) is 13.2 Å². The van der Waals surface area contributed by atoms with Gasteiger partial charge in [0.05, 0.1) is 32.5 Å². The second kappa shape index (κ2) is 58.0. The smallest absolute Gasteiger partial charge is 0.154 e. The number of hydrogen-bond acceptors (Lipinski definition) is 5. The molecule has 2 unspecified atom stereocenters. The van der Waals surface area contributed by atoms with Gasteiger partial charge >= 0.3 is 0 Å². The van der Waals surface area contributed by atoms with Crippen molar-refractivity contribution in [1.29, 1.82) is 0 Å². The average Bonchev–Trinajstić information content (AvgIpc) is 3.37. The molecule has 0 bridgehead atoms. The molecule has 6 aliphatic rings. The molecule has 84 heavy (non-hydrogen) atoms. The van der Waals surface area contributed by atoms with Gasteiger partial charge in [0.2, 0.25) is 0 Å². The summed E-state index contributed by atoms with van der Waals surface area (Å²) in [6.07, 6.45) is 20.8. The Morgan fingerprint density at radius 3 is 0.738 bits per heavy atom. The summed E-state index contributed by atoms with van der Waals surface area (Å²) < 4.78 is 63.8. The van der Waals surface area contributed by atoms with Crippen LogP contribution in [-0.2, 0) is 23.7 Å². The van der Waals surface area contributed by atoms with E-state index in [2.05, 4.69) is 107 Å². The first-order valence-electron chi connectivity index (χ1n) is 29.6. The van der Waals surface area contributed by atoms with E-state index in [-0.39, 0.29) is 93.7 Å². The van der Waals surface area contributed by atoms with Gasteiger partial charge in [0.15, 0.2) is 12.6 Å². The lowest BCUT2D eigenvalue weighted by Crippen LogP contribution is -2.27. The number of hydrogen-bond donors (Lipinski definition) is 0. The van der Waals surface area contributed by atoms with Crippen molar-refractivity contribution in [2.24, 2.45) is 53.3 Å². The van der Waals surface area contributed by atoms with E-state index in [4.69, 9.17) is 23.7 Å². The van der Waals surface area contributed by atoms with Crippen molar-refractivity contribution in [1.82, 2.24) is 0 Å². The molecule has 3 aliphatic carbocycles. The first kappa shape index (κ1) is 100. The molecular weight excluding hydrogens is 1050 g/mol. The van der Waals surface area contributed by atoms with E-state index in [1.807, 2.05) is 26.8 Å². The minimum atomic E-state index is -0.475. The van der Waals surface area contributed by atoms with Crippen molar-refractivity contribution >= 4 is 0 Å². The molecule has 3 aromatic rings. The van der Waals surface area contributed by atoms with E-state index in [9.17, 15) is 13.2 Å². The molecule has 3 saturated carbocycles. The van der Waals surface area contributed by atoms with Crippen LogP contribution >= 0.6 is 0 Å². The molecule has 0 spiro atoms. The number of rotatable bonds is 0. The van der Waals surface area contributed by atoms with Crippen LogP contribution in [0.5, 0.6) is 0 Å². The number of benzene rings is 3. The van der Waals surface area contributed by atoms with E-state index in [0.717, 1.165) is 80.0 Å². The quantitative estimate of drug-likeness (QED) is 0.224. The van der Waals surface area contributed by atoms with Crippen molar-refractivity contribution < 1.29 is 39.7 Å². The summed E-state index contributed by atoms with van der Waals surface area (Å²) in [6.45, 7) is 41.9. The van der Waals surface area contributed by atoms with E-state index >= 15 is 0 Å². The normalized spacial score (nSPS) is 25.8. The maximum atomic E-state index is 12.6. The third-order valence-electron chi connectivity index (χ3n) is 15.1. The van der Waals surface area contributed by atoms with Crippen LogP contribution in [0, 0.1) is 112 Å². The molecule has 5 nitrogen and oxygen atoms in total. The zero-order valence-corrected chi connectivity index (χ0v) is 51.2. The highest BCUT2D eigenvalue weighted by Crippen LogP contribution is 2.29. The molecule has 0 aromatic heterocycles. The molecule has 9 rings (SSSR count). The monoisotopic (exact) mass is 1200 g/mol. The van der Waals surface area contributed by atoms with Crippen molar-refractivity contribution in [2.45, 2.75) is 300 Å². The van der Waals surface area contributed by atoms with Crippen LogP contribution in [0.1, 0.15) is 276 Å². The Hall–Kier alpha value is -2.75. The summed E-state index contributed by atoms with van der Waals surface area (Å²) in [4.78, 5) is 0. The SMILES string of the molecule is C.C.C.C.C.C.C.C.C.CC1CCC(C)CC1.CC1CCC(C)CC1.CC1CCC(C)CC1.CC1CCC(C)OC1.CC1COC(C)OC1.CC1COC(C)OC1.Cc1cc(F)c(C)c(F)c1.Cc1ccc(C)c(F)c1.Cc1ccc(C)cc1.[HH].[HH]. The summed E-state index contributed by atoms with van der Waals surface area (Å²) in [7, 11) is 0. The maximum absolute atomic E-state index is 12.6. The molecule has 0 amide bonds. The number of aryl methyl sites for hydroxylation is 5. The minimum Gasteiger partial charge on any atom is -0.378 e. The van der Waals surface area contributed by atoms with E-state index < -0.39 is 11.6 Å². The Morgan fingerprint density at radius 1 is 0.286 bits per heavy atom. The summed E-state index contributed by atoms with van der Waals surface area (Å²) in [5.41, 5.74) is 5.04. The van der Waals surface area contributed by atoms with Crippen molar-refractivity contribution in [2.75, 3.05) is 33.0 Å². The van der Waals surface area contributed by atoms with Crippen LogP contribution in [0.15, 0.2) is 54.6 Å². The average molecular weight is 1200 g/mol. The summed E-state index contributed by atoms with van der Waals surface area (Å²) in [5, 5.41) is 0. The van der Waals surface area contributed by atoms with Crippen LogP contribution in [0.3, 0.4) is 0 Å². The zero-order valence-electron chi connectivity index (χ0n) is 51.2. The van der Waals surface area contributed by atoms with Crippen molar-refractivity contribution in [3.05, 3.63) is 105 Å². The predicted octanol–water partition coefficient (Wildman–Crippen LogP) is 25.9. The molecule has 2 atom stereocenters. The van der Waals surface area contributed by atoms with Crippen LogP contribution in [0.2, 0.25) is 0 Å². The van der Waals surface area contributed by atoms with Gasteiger partial charge in [-0.05, 0) is 151 Å². The Labute approximate surface area is 529 Å². The van der Waals surface area contributed by atoms with Gasteiger partial charge in [-0.2, -0.15) is 0 Å². The van der Waals surface area contributed by atoms with Gasteiger partial charge in [0.25, 0.3) is 0 Å². The molecule has 508 valence electrons. The highest BCUT2D eigenvalue weighted by molar-refractivity contribution is 5.24. The topological polar surface area (TPSA) is 46.2 Å². The van der Waals surface area contributed by atoms with E-state index in [1.165, 1.54) is 126 Å². The van der Waals surface area contributed by atoms with E-state index in [1.54, 1.807) is 19.9 Å². The van der Waals surface area contributed by atoms with Crippen molar-refractivity contribution in [3.8, 4) is 0 Å². The van der Waals surface area contributed by atoms with Crippen molar-refractivity contribution in [3.63, 3.8) is 0 Å². The van der Waals surface area contributed by atoms with Gasteiger partial charge in [-0.1, -0.05) is 254 Å². The number of halogens is 3. The van der Waals surface area contributed by atoms with Gasteiger partial charge in [-0.3, -0.25) is 0 Å². The first-order valence-corrected chi connectivity index (χ1v) is 29.6. The highest BCUT2D eigenvalue weighted by atomic mass is 19.1. The Kier molecular flexibility index (Phi) is 69.2. The number of ether oxygens (including phenoxy) is 5. The van der Waals surface area contributed by atoms with Crippen LogP contribution in [0.4, 0.5) is 13.2 Å². The zero-order chi connectivity index (χ0) is 56.5. The lowest BCUT2D eigenvalue weighted by Gasteiger charge is -2.24. The summed E-state index contributed by atoms with van der Waals surface area (Å²) in [6, 6.07) is 16.3. The summed E-state index contributed by atoms with van der Waals surface area (Å²) >= 11 is 0. The van der Waals surface area contributed by atoms with E-state index in [0.29, 0.717) is 29.1 Å². The standard InChI is InChI=1S/C8H8F2.C8H9F.3C8H16.C8H10.C7H14O.2C6H12O2.9CH4.2H2/c1-5-3-7(9)6(2)8(10)4-5;1-6-3-4-7(2)8(9)5-6;4*1-7-3-5-8(2)6-4-7;1-6-3-4-7(2)8-5-6;2*1-5-3-7-6(2)8-4-5;;;;;;;;;;;/h3-4H,1-2H3;3-5H,1-2H3;3*7-8H,3-6H2,1-2H3;3-6H,1-2H3;6-7H,3-5H2,1-2H3;2*5-6H,3-4H2,1-2H3;9*1H4;2*1H. The fourth-order valence-corrected chi connectivity index (χ4v) is 8.79. The van der Waals surface area contributed by atoms with Crippen LogP contribution in [-0.4, -0.2) is 51.7 Å². The summed E-state index contributed by atoms with van der Waals surface area (Å²) in [5.74, 6) is 7.00. The second-order valence-electron chi connectivity index (χ2n) is 24.4. The molecular formula is C76H153F3O5. The molecule has 6 fully saturated rings. The second-order valence-corrected chi connectivity index (χ2v) is 24.4. The molecule has 0 radical (unpaired) electrons.